The highest BCUT2D eigenvalue weighted by Gasteiger charge is 2.17. The Labute approximate surface area is 259 Å². The molecule has 9 nitrogen and oxygen atoms in total. The molecular weight excluding hydrogens is 564 g/mol. The largest absolute Gasteiger partial charge is 0.480 e. The van der Waals surface area contributed by atoms with E-state index in [1.54, 1.807) is 37.6 Å². The van der Waals surface area contributed by atoms with Gasteiger partial charge in [0.25, 0.3) is 5.91 Å². The number of hydrogen-bond donors (Lipinski definition) is 4. The van der Waals surface area contributed by atoms with E-state index in [0.29, 0.717) is 17.8 Å². The Balaban J connectivity index is 0.000000458. The number of hydrogen-bond acceptors (Lipinski definition) is 8. The summed E-state index contributed by atoms with van der Waals surface area (Å²) in [6.45, 7) is 9.59. The molecule has 5 N–H and O–H groups in total. The van der Waals surface area contributed by atoms with Gasteiger partial charge in [-0.2, -0.15) is 5.10 Å². The Hall–Kier alpha value is -4.77. The minimum absolute atomic E-state index is 0.267. The van der Waals surface area contributed by atoms with Gasteiger partial charge in [-0.1, -0.05) is 50.4 Å². The Morgan fingerprint density at radius 2 is 1.68 bits per heavy atom. The third-order valence-electron chi connectivity index (χ3n) is 6.23. The standard InChI is InChI=1S/C20H25N5O2.C6H4F2.C6H11N.CH5N/c1-6-18(15-12-17(19(26)22-4)20(27-5)23-13-15)24-25(14(2)21-3)16-10-8-7-9-11-16;7-5-3-1-2-4-6(5)8;1-2-7-6-4-3-5-6;1-2/h7-13,21H,2,6H2,1,3-5H3,(H,22,26);1-4H;2,6-7H,1,3-5H2;2H2,1H3/b24-18+;;;. The number of nitrogens with two attached hydrogens (primary N) is 1. The van der Waals surface area contributed by atoms with Crippen molar-refractivity contribution in [2.45, 2.75) is 38.6 Å². The maximum Gasteiger partial charge on any atom is 0.256 e. The van der Waals surface area contributed by atoms with Crippen LogP contribution in [0.4, 0.5) is 14.5 Å². The number of carbonyl (C=O) groups excluding carboxylic acids is 1. The Morgan fingerprint density at radius 3 is 2.09 bits per heavy atom. The zero-order chi connectivity index (χ0) is 32.9. The van der Waals surface area contributed by atoms with E-state index in [-0.39, 0.29) is 11.8 Å². The van der Waals surface area contributed by atoms with E-state index in [1.807, 2.05) is 37.3 Å². The lowest BCUT2D eigenvalue weighted by molar-refractivity contribution is 0.0959. The van der Waals surface area contributed by atoms with Gasteiger partial charge in [-0.3, -0.25) is 4.79 Å². The number of aromatic nitrogens is 1. The zero-order valence-corrected chi connectivity index (χ0v) is 26.2. The summed E-state index contributed by atoms with van der Waals surface area (Å²) < 4.78 is 29.1. The summed E-state index contributed by atoms with van der Waals surface area (Å²) in [6.07, 6.45) is 8.15. The maximum atomic E-state index is 12.1. The van der Waals surface area contributed by atoms with Crippen molar-refractivity contribution < 1.29 is 18.3 Å². The van der Waals surface area contributed by atoms with Crippen molar-refractivity contribution in [3.8, 4) is 5.88 Å². The van der Waals surface area contributed by atoms with Crippen LogP contribution in [0.15, 0.2) is 97.1 Å². The number of rotatable bonds is 10. The van der Waals surface area contributed by atoms with E-state index < -0.39 is 11.6 Å². The minimum atomic E-state index is -0.799. The first kappa shape index (κ1) is 37.3. The summed E-state index contributed by atoms with van der Waals surface area (Å²) in [5, 5.41) is 15.3. The third-order valence-corrected chi connectivity index (χ3v) is 6.23. The summed E-state index contributed by atoms with van der Waals surface area (Å²) in [5.74, 6) is -0.968. The number of amides is 1. The van der Waals surface area contributed by atoms with Gasteiger partial charge in [0.2, 0.25) is 5.88 Å². The van der Waals surface area contributed by atoms with Gasteiger partial charge < -0.3 is 26.4 Å². The second-order valence-electron chi connectivity index (χ2n) is 9.02. The van der Waals surface area contributed by atoms with Crippen molar-refractivity contribution in [2.75, 3.05) is 33.3 Å². The summed E-state index contributed by atoms with van der Waals surface area (Å²) in [4.78, 5) is 16.4. The number of benzene rings is 2. The van der Waals surface area contributed by atoms with Gasteiger partial charge in [-0.05, 0) is 69.3 Å². The van der Waals surface area contributed by atoms with E-state index in [9.17, 15) is 13.6 Å². The molecule has 0 unspecified atom stereocenters. The molecule has 11 heteroatoms. The summed E-state index contributed by atoms with van der Waals surface area (Å²) in [6, 6.07) is 17.2. The van der Waals surface area contributed by atoms with Crippen LogP contribution in [0, 0.1) is 11.6 Å². The fraction of sp³-hybridized carbons (Fsp3) is 0.303. The van der Waals surface area contributed by atoms with Gasteiger partial charge in [0, 0.05) is 31.9 Å². The lowest BCUT2D eigenvalue weighted by Crippen LogP contribution is -2.30. The number of halogens is 2. The topological polar surface area (TPSA) is 117 Å². The molecule has 1 fully saturated rings. The Morgan fingerprint density at radius 1 is 1.09 bits per heavy atom. The molecule has 2 aromatic carbocycles. The van der Waals surface area contributed by atoms with Crippen molar-refractivity contribution in [2.24, 2.45) is 10.8 Å². The number of pyridine rings is 1. The average molecular weight is 610 g/mol. The van der Waals surface area contributed by atoms with Crippen LogP contribution in [0.5, 0.6) is 5.88 Å². The molecule has 1 aliphatic rings. The van der Waals surface area contributed by atoms with Gasteiger partial charge in [0.05, 0.1) is 18.5 Å². The number of methoxy groups -OCH3 is 1. The highest BCUT2D eigenvalue weighted by atomic mass is 19.2. The summed E-state index contributed by atoms with van der Waals surface area (Å²) in [7, 11) is 6.34. The molecule has 0 radical (unpaired) electrons. The normalized spacial score (nSPS) is 11.8. The highest BCUT2D eigenvalue weighted by molar-refractivity contribution is 6.04. The maximum absolute atomic E-state index is 12.1. The van der Waals surface area contributed by atoms with E-state index in [0.717, 1.165) is 35.1 Å². The predicted octanol–water partition coefficient (Wildman–Crippen LogP) is 5.57. The first-order valence-electron chi connectivity index (χ1n) is 14.2. The number of hydrazone groups is 1. The van der Waals surface area contributed by atoms with Crippen molar-refractivity contribution in [1.82, 2.24) is 20.9 Å². The van der Waals surface area contributed by atoms with Gasteiger partial charge in [-0.25, -0.2) is 18.8 Å². The second kappa shape index (κ2) is 21.0. The molecule has 0 bridgehead atoms. The van der Waals surface area contributed by atoms with Crippen molar-refractivity contribution >= 4 is 17.3 Å². The van der Waals surface area contributed by atoms with Gasteiger partial charge in [-0.15, -0.1) is 0 Å². The number of nitrogens with zero attached hydrogens (tertiary/aromatic N) is 3. The Bertz CT molecular complexity index is 1310. The fourth-order valence-corrected chi connectivity index (χ4v) is 3.65. The number of nitrogens with one attached hydrogen (secondary N) is 3. The first-order chi connectivity index (χ1) is 21.3. The number of anilines is 1. The van der Waals surface area contributed by atoms with Crippen LogP contribution in [0.25, 0.3) is 0 Å². The van der Waals surface area contributed by atoms with Crippen LogP contribution in [0.2, 0.25) is 0 Å². The van der Waals surface area contributed by atoms with Gasteiger partial charge >= 0.3 is 0 Å². The molecule has 4 rings (SSSR count). The number of para-hydroxylation sites is 1. The summed E-state index contributed by atoms with van der Waals surface area (Å²) >= 11 is 0. The Kier molecular flexibility index (Phi) is 17.8. The fourth-order valence-electron chi connectivity index (χ4n) is 3.65. The van der Waals surface area contributed by atoms with Crippen molar-refractivity contribution in [1.29, 1.82) is 0 Å². The van der Waals surface area contributed by atoms with Crippen LogP contribution in [0.1, 0.15) is 48.5 Å². The lowest BCUT2D eigenvalue weighted by Gasteiger charge is -2.24. The first-order valence-corrected chi connectivity index (χ1v) is 14.2. The zero-order valence-electron chi connectivity index (χ0n) is 26.2. The lowest BCUT2D eigenvalue weighted by atomic mass is 9.93. The number of carbonyl (C=O) groups is 1. The van der Waals surface area contributed by atoms with Crippen LogP contribution < -0.4 is 31.4 Å². The molecule has 1 aliphatic carbocycles. The van der Waals surface area contributed by atoms with Crippen molar-refractivity contribution in [3.63, 3.8) is 0 Å². The molecule has 1 heterocycles. The average Bonchev–Trinajstić information content (AvgIpc) is 3.05. The third kappa shape index (κ3) is 11.8. The molecule has 0 atom stereocenters. The monoisotopic (exact) mass is 609 g/mol. The molecular formula is C33H45F2N7O2. The molecule has 1 aromatic heterocycles. The molecule has 0 aliphatic heterocycles. The molecule has 238 valence electrons. The van der Waals surface area contributed by atoms with Gasteiger partial charge in [0.1, 0.15) is 11.4 Å². The highest BCUT2D eigenvalue weighted by Crippen LogP contribution is 2.21. The van der Waals surface area contributed by atoms with Crippen LogP contribution in [-0.4, -0.2) is 50.9 Å². The quantitative estimate of drug-likeness (QED) is 0.175. The predicted molar refractivity (Wildman–Crippen MR) is 176 cm³/mol. The molecule has 0 spiro atoms. The number of ether oxygens (including phenoxy) is 1. The SMILES string of the molecule is C=C(NC)N(/N=C(\CC)c1cnc(OC)c(C(=O)NC)c1)c1ccccc1.C=CNC1CCC1.CN.Fc1ccccc1F. The van der Waals surface area contributed by atoms with Crippen LogP contribution in [-0.2, 0) is 0 Å². The molecule has 3 aromatic rings. The molecule has 0 saturated heterocycles. The van der Waals surface area contributed by atoms with Crippen LogP contribution in [0.3, 0.4) is 0 Å². The minimum Gasteiger partial charge on any atom is -0.480 e. The van der Waals surface area contributed by atoms with E-state index in [2.05, 4.69) is 39.8 Å². The van der Waals surface area contributed by atoms with Gasteiger partial charge in [0.15, 0.2) is 11.6 Å². The van der Waals surface area contributed by atoms with Crippen molar-refractivity contribution in [3.05, 3.63) is 115 Å². The molecule has 1 saturated carbocycles. The second-order valence-corrected chi connectivity index (χ2v) is 9.02. The summed E-state index contributed by atoms with van der Waals surface area (Å²) in [5.41, 5.74) is 7.23. The van der Waals surface area contributed by atoms with E-state index in [1.165, 1.54) is 45.6 Å². The smallest absolute Gasteiger partial charge is 0.256 e. The van der Waals surface area contributed by atoms with E-state index >= 15 is 0 Å². The van der Waals surface area contributed by atoms with Crippen LogP contribution >= 0.6 is 0 Å². The molecule has 44 heavy (non-hydrogen) atoms. The van der Waals surface area contributed by atoms with E-state index in [4.69, 9.17) is 9.84 Å². The molecule has 1 amide bonds.